The van der Waals surface area contributed by atoms with Crippen LogP contribution in [0, 0.1) is 0 Å². The highest BCUT2D eigenvalue weighted by molar-refractivity contribution is 5.96. The van der Waals surface area contributed by atoms with Crippen LogP contribution >= 0.6 is 12.4 Å². The quantitative estimate of drug-likeness (QED) is 0.772. The molecule has 0 bridgehead atoms. The second-order valence-electron chi connectivity index (χ2n) is 4.55. The maximum Gasteiger partial charge on any atom is 0.240 e. The van der Waals surface area contributed by atoms with Gasteiger partial charge in [-0.3, -0.25) is 9.59 Å². The SMILES string of the molecule is C[C@@H](N)C(=O)Nc1ccc2c(c1)CCCC(=O)N2.Cl. The smallest absolute Gasteiger partial charge is 0.240 e. The van der Waals surface area contributed by atoms with E-state index in [2.05, 4.69) is 10.6 Å². The van der Waals surface area contributed by atoms with Crippen molar-refractivity contribution in [1.29, 1.82) is 0 Å². The monoisotopic (exact) mass is 283 g/mol. The molecule has 6 heteroatoms. The highest BCUT2D eigenvalue weighted by Gasteiger charge is 2.14. The molecule has 1 aliphatic rings. The second kappa shape index (κ2) is 6.54. The molecule has 0 aromatic heterocycles. The van der Waals surface area contributed by atoms with Crippen molar-refractivity contribution in [3.05, 3.63) is 23.8 Å². The number of hydrogen-bond donors (Lipinski definition) is 3. The summed E-state index contributed by atoms with van der Waals surface area (Å²) in [4.78, 5) is 22.9. The molecular formula is C13H18ClN3O2. The molecule has 1 aliphatic heterocycles. The number of carbonyl (C=O) groups is 2. The fraction of sp³-hybridized carbons (Fsp3) is 0.385. The molecule has 1 heterocycles. The average molecular weight is 284 g/mol. The van der Waals surface area contributed by atoms with Crippen LogP contribution in [0.5, 0.6) is 0 Å². The predicted molar refractivity (Wildman–Crippen MR) is 77.5 cm³/mol. The van der Waals surface area contributed by atoms with E-state index in [4.69, 9.17) is 5.73 Å². The molecule has 5 nitrogen and oxygen atoms in total. The van der Waals surface area contributed by atoms with Gasteiger partial charge in [-0.15, -0.1) is 12.4 Å². The van der Waals surface area contributed by atoms with Crippen molar-refractivity contribution in [2.75, 3.05) is 10.6 Å². The molecular weight excluding hydrogens is 266 g/mol. The summed E-state index contributed by atoms with van der Waals surface area (Å²) in [6.07, 6.45) is 2.19. The minimum absolute atomic E-state index is 0. The van der Waals surface area contributed by atoms with Crippen LogP contribution in [0.3, 0.4) is 0 Å². The summed E-state index contributed by atoms with van der Waals surface area (Å²) in [6, 6.07) is 4.94. The van der Waals surface area contributed by atoms with Gasteiger partial charge in [0.15, 0.2) is 0 Å². The first kappa shape index (κ1) is 15.5. The lowest BCUT2D eigenvalue weighted by Crippen LogP contribution is -2.32. The van der Waals surface area contributed by atoms with Gasteiger partial charge in [0, 0.05) is 17.8 Å². The van der Waals surface area contributed by atoms with Gasteiger partial charge in [0.1, 0.15) is 0 Å². The number of hydrogen-bond acceptors (Lipinski definition) is 3. The number of nitrogens with one attached hydrogen (secondary N) is 2. The standard InChI is InChI=1S/C13H17N3O2.ClH/c1-8(14)13(18)15-10-5-6-11-9(7-10)3-2-4-12(17)16-11;/h5-8H,2-4,14H2,1H3,(H,15,18)(H,16,17);1H/t8-;/m1./s1. The van der Waals surface area contributed by atoms with Crippen LogP contribution in [0.2, 0.25) is 0 Å². The van der Waals surface area contributed by atoms with E-state index >= 15 is 0 Å². The van der Waals surface area contributed by atoms with Crippen LogP contribution in [-0.2, 0) is 16.0 Å². The second-order valence-corrected chi connectivity index (χ2v) is 4.55. The highest BCUT2D eigenvalue weighted by Crippen LogP contribution is 2.25. The Morgan fingerprint density at radius 2 is 2.16 bits per heavy atom. The lowest BCUT2D eigenvalue weighted by atomic mass is 10.1. The molecule has 0 spiro atoms. The number of fused-ring (bicyclic) bond motifs is 1. The number of carbonyl (C=O) groups excluding carboxylic acids is 2. The van der Waals surface area contributed by atoms with E-state index in [1.807, 2.05) is 12.1 Å². The van der Waals surface area contributed by atoms with Crippen molar-refractivity contribution in [2.45, 2.75) is 32.2 Å². The Labute approximate surface area is 118 Å². The fourth-order valence-corrected chi connectivity index (χ4v) is 1.91. The Bertz CT molecular complexity index is 489. The zero-order valence-corrected chi connectivity index (χ0v) is 11.5. The van der Waals surface area contributed by atoms with Crippen LogP contribution in [-0.4, -0.2) is 17.9 Å². The van der Waals surface area contributed by atoms with E-state index in [1.54, 1.807) is 13.0 Å². The van der Waals surface area contributed by atoms with Crippen LogP contribution < -0.4 is 16.4 Å². The Morgan fingerprint density at radius 3 is 2.84 bits per heavy atom. The maximum absolute atomic E-state index is 11.5. The number of rotatable bonds is 2. The lowest BCUT2D eigenvalue weighted by molar-refractivity contribution is -0.117. The van der Waals surface area contributed by atoms with Gasteiger partial charge in [-0.05, 0) is 43.5 Å². The van der Waals surface area contributed by atoms with E-state index in [0.29, 0.717) is 12.1 Å². The van der Waals surface area contributed by atoms with Gasteiger partial charge < -0.3 is 16.4 Å². The minimum Gasteiger partial charge on any atom is -0.326 e. The Hall–Kier alpha value is -1.59. The molecule has 0 fully saturated rings. The highest BCUT2D eigenvalue weighted by atomic mass is 35.5. The average Bonchev–Trinajstić information content (AvgIpc) is 2.49. The molecule has 19 heavy (non-hydrogen) atoms. The molecule has 104 valence electrons. The zero-order chi connectivity index (χ0) is 13.1. The molecule has 0 radical (unpaired) electrons. The molecule has 2 amide bonds. The van der Waals surface area contributed by atoms with Crippen molar-refractivity contribution in [2.24, 2.45) is 5.73 Å². The van der Waals surface area contributed by atoms with E-state index in [-0.39, 0.29) is 24.2 Å². The first-order valence-electron chi connectivity index (χ1n) is 6.05. The fourth-order valence-electron chi connectivity index (χ4n) is 1.91. The summed E-state index contributed by atoms with van der Waals surface area (Å²) in [5.41, 5.74) is 8.09. The van der Waals surface area contributed by atoms with Crippen LogP contribution in [0.4, 0.5) is 11.4 Å². The number of nitrogens with two attached hydrogens (primary N) is 1. The molecule has 0 aliphatic carbocycles. The molecule has 0 unspecified atom stereocenters. The summed E-state index contributed by atoms with van der Waals surface area (Å²) in [5.74, 6) is -0.172. The van der Waals surface area contributed by atoms with Crippen molar-refractivity contribution in [1.82, 2.24) is 0 Å². The van der Waals surface area contributed by atoms with Crippen LogP contribution in [0.1, 0.15) is 25.3 Å². The van der Waals surface area contributed by atoms with Gasteiger partial charge >= 0.3 is 0 Å². The summed E-state index contributed by atoms with van der Waals surface area (Å²) >= 11 is 0. The normalized spacial score (nSPS) is 15.4. The molecule has 0 saturated heterocycles. The third kappa shape index (κ3) is 3.94. The Balaban J connectivity index is 0.00000180. The van der Waals surface area contributed by atoms with Crippen molar-refractivity contribution in [3.8, 4) is 0 Å². The largest absolute Gasteiger partial charge is 0.326 e. The molecule has 0 saturated carbocycles. The maximum atomic E-state index is 11.5. The summed E-state index contributed by atoms with van der Waals surface area (Å²) < 4.78 is 0. The van der Waals surface area contributed by atoms with E-state index in [9.17, 15) is 9.59 Å². The lowest BCUT2D eigenvalue weighted by Gasteiger charge is -2.11. The van der Waals surface area contributed by atoms with Crippen molar-refractivity contribution in [3.63, 3.8) is 0 Å². The van der Waals surface area contributed by atoms with Gasteiger partial charge in [-0.1, -0.05) is 0 Å². The Kier molecular flexibility index (Phi) is 5.32. The van der Waals surface area contributed by atoms with Crippen LogP contribution in [0.25, 0.3) is 0 Å². The topological polar surface area (TPSA) is 84.2 Å². The number of anilines is 2. The summed E-state index contributed by atoms with van der Waals surface area (Å²) in [7, 11) is 0. The van der Waals surface area contributed by atoms with Gasteiger partial charge in [0.05, 0.1) is 6.04 Å². The Morgan fingerprint density at radius 1 is 1.42 bits per heavy atom. The number of amides is 2. The molecule has 4 N–H and O–H groups in total. The van der Waals surface area contributed by atoms with Crippen LogP contribution in [0.15, 0.2) is 18.2 Å². The van der Waals surface area contributed by atoms with Gasteiger partial charge in [-0.25, -0.2) is 0 Å². The van der Waals surface area contributed by atoms with Gasteiger partial charge in [0.25, 0.3) is 0 Å². The molecule has 1 aromatic rings. The first-order chi connectivity index (χ1) is 8.56. The van der Waals surface area contributed by atoms with E-state index in [1.165, 1.54) is 0 Å². The minimum atomic E-state index is -0.538. The summed E-state index contributed by atoms with van der Waals surface area (Å²) in [5, 5.41) is 5.60. The van der Waals surface area contributed by atoms with Gasteiger partial charge in [-0.2, -0.15) is 0 Å². The first-order valence-corrected chi connectivity index (χ1v) is 6.05. The van der Waals surface area contributed by atoms with Crippen molar-refractivity contribution >= 4 is 35.6 Å². The molecule has 2 rings (SSSR count). The number of aryl methyl sites for hydroxylation is 1. The molecule has 1 atom stereocenters. The third-order valence-corrected chi connectivity index (χ3v) is 2.91. The predicted octanol–water partition coefficient (Wildman–Crippen LogP) is 1.67. The zero-order valence-electron chi connectivity index (χ0n) is 10.7. The van der Waals surface area contributed by atoms with E-state index in [0.717, 1.165) is 24.1 Å². The van der Waals surface area contributed by atoms with Crippen molar-refractivity contribution < 1.29 is 9.59 Å². The number of halogens is 1. The molecule has 1 aromatic carbocycles. The van der Waals surface area contributed by atoms with Gasteiger partial charge in [0.2, 0.25) is 11.8 Å². The summed E-state index contributed by atoms with van der Waals surface area (Å²) in [6.45, 7) is 1.64. The number of benzene rings is 1. The van der Waals surface area contributed by atoms with E-state index < -0.39 is 6.04 Å². The third-order valence-electron chi connectivity index (χ3n) is 2.91.